The van der Waals surface area contributed by atoms with Crippen molar-refractivity contribution >= 4 is 23.2 Å². The Bertz CT molecular complexity index is 1080. The second kappa shape index (κ2) is 8.05. The molecule has 1 heterocycles. The number of ether oxygens (including phenoxy) is 1. The molecule has 0 N–H and O–H groups in total. The van der Waals surface area contributed by atoms with E-state index < -0.39 is 17.8 Å². The highest BCUT2D eigenvalue weighted by molar-refractivity contribution is 6.31. The fraction of sp³-hybridized carbons (Fsp3) is 0.130. The van der Waals surface area contributed by atoms with Gasteiger partial charge in [0, 0.05) is 11.4 Å². The van der Waals surface area contributed by atoms with Crippen molar-refractivity contribution in [2.75, 3.05) is 7.11 Å². The third-order valence-corrected chi connectivity index (χ3v) is 5.25. The van der Waals surface area contributed by atoms with Gasteiger partial charge in [-0.2, -0.15) is 5.10 Å². The highest BCUT2D eigenvalue weighted by atomic mass is 35.5. The molecule has 1 atom stereocenters. The number of hydrogen-bond acceptors (Lipinski definition) is 3. The number of hydrogen-bond donors (Lipinski definition) is 0. The van der Waals surface area contributed by atoms with Crippen molar-refractivity contribution in [3.8, 4) is 5.75 Å². The van der Waals surface area contributed by atoms with E-state index in [4.69, 9.17) is 16.3 Å². The molecule has 6 heteroatoms. The van der Waals surface area contributed by atoms with Gasteiger partial charge in [0.1, 0.15) is 11.6 Å². The van der Waals surface area contributed by atoms with Crippen molar-refractivity contribution in [2.24, 2.45) is 5.10 Å². The van der Waals surface area contributed by atoms with Gasteiger partial charge < -0.3 is 4.74 Å². The van der Waals surface area contributed by atoms with E-state index in [1.807, 2.05) is 42.5 Å². The lowest BCUT2D eigenvalue weighted by Crippen LogP contribution is -2.28. The van der Waals surface area contributed by atoms with Crippen molar-refractivity contribution < 1.29 is 13.9 Å². The van der Waals surface area contributed by atoms with Gasteiger partial charge in [0.15, 0.2) is 0 Å². The second-order valence-electron chi connectivity index (χ2n) is 6.65. The number of hydrazone groups is 1. The first-order chi connectivity index (χ1) is 14.1. The second-order valence-corrected chi connectivity index (χ2v) is 7.05. The van der Waals surface area contributed by atoms with E-state index in [1.165, 1.54) is 17.1 Å². The van der Waals surface area contributed by atoms with Crippen LogP contribution in [0.5, 0.6) is 5.75 Å². The topological polar surface area (TPSA) is 41.9 Å². The molecule has 0 aromatic heterocycles. The number of benzene rings is 3. The zero-order valence-electron chi connectivity index (χ0n) is 15.7. The molecular formula is C23H18ClFN2O2. The van der Waals surface area contributed by atoms with E-state index in [1.54, 1.807) is 25.3 Å². The summed E-state index contributed by atoms with van der Waals surface area (Å²) in [6.07, 6.45) is 0.469. The number of carbonyl (C=O) groups excluding carboxylic acids is 1. The minimum atomic E-state index is -0.580. The molecule has 4 rings (SSSR count). The van der Waals surface area contributed by atoms with Crippen LogP contribution in [0, 0.1) is 5.82 Å². The quantitative estimate of drug-likeness (QED) is 0.573. The summed E-state index contributed by atoms with van der Waals surface area (Å²) in [6.45, 7) is 0. The molecule has 1 aliphatic heterocycles. The first kappa shape index (κ1) is 19.2. The molecule has 3 aromatic rings. The van der Waals surface area contributed by atoms with Crippen LogP contribution < -0.4 is 4.74 Å². The molecule has 0 saturated heterocycles. The molecule has 0 radical (unpaired) electrons. The fourth-order valence-electron chi connectivity index (χ4n) is 3.40. The van der Waals surface area contributed by atoms with Gasteiger partial charge in [-0.1, -0.05) is 41.9 Å². The van der Waals surface area contributed by atoms with E-state index >= 15 is 0 Å². The monoisotopic (exact) mass is 408 g/mol. The number of rotatable bonds is 4. The highest BCUT2D eigenvalue weighted by Gasteiger charge is 2.35. The predicted molar refractivity (Wildman–Crippen MR) is 111 cm³/mol. The van der Waals surface area contributed by atoms with Gasteiger partial charge in [-0.3, -0.25) is 4.79 Å². The van der Waals surface area contributed by atoms with Crippen molar-refractivity contribution in [3.05, 3.63) is 100 Å². The van der Waals surface area contributed by atoms with E-state index in [2.05, 4.69) is 5.10 Å². The Morgan fingerprint density at radius 3 is 2.45 bits per heavy atom. The third-order valence-electron chi connectivity index (χ3n) is 4.91. The summed E-state index contributed by atoms with van der Waals surface area (Å²) in [7, 11) is 1.60. The van der Waals surface area contributed by atoms with E-state index in [0.717, 1.165) is 22.6 Å². The molecule has 0 saturated carbocycles. The zero-order valence-corrected chi connectivity index (χ0v) is 16.4. The molecule has 0 fully saturated rings. The Labute approximate surface area is 173 Å². The van der Waals surface area contributed by atoms with E-state index in [0.29, 0.717) is 11.4 Å². The maximum absolute atomic E-state index is 14.3. The van der Waals surface area contributed by atoms with Crippen molar-refractivity contribution in [1.29, 1.82) is 0 Å². The summed E-state index contributed by atoms with van der Waals surface area (Å²) in [6, 6.07) is 20.3. The minimum Gasteiger partial charge on any atom is -0.497 e. The molecule has 1 aliphatic rings. The summed E-state index contributed by atoms with van der Waals surface area (Å²) < 4.78 is 19.5. The van der Waals surface area contributed by atoms with Crippen LogP contribution in [0.1, 0.15) is 33.9 Å². The molecule has 1 amide bonds. The molecule has 1 unspecified atom stereocenters. The Morgan fingerprint density at radius 1 is 1.07 bits per heavy atom. The van der Waals surface area contributed by atoms with Gasteiger partial charge in [-0.15, -0.1) is 0 Å². The smallest absolute Gasteiger partial charge is 0.277 e. The summed E-state index contributed by atoms with van der Waals surface area (Å²) >= 11 is 6.41. The Kier molecular flexibility index (Phi) is 5.32. The van der Waals surface area contributed by atoms with E-state index in [9.17, 15) is 9.18 Å². The number of nitrogens with zero attached hydrogens (tertiary/aromatic N) is 2. The summed E-state index contributed by atoms with van der Waals surface area (Å²) in [4.78, 5) is 13.2. The first-order valence-electron chi connectivity index (χ1n) is 9.13. The zero-order chi connectivity index (χ0) is 20.4. The van der Waals surface area contributed by atoms with Gasteiger partial charge in [0.25, 0.3) is 5.91 Å². The van der Waals surface area contributed by atoms with Gasteiger partial charge >= 0.3 is 0 Å². The third kappa shape index (κ3) is 3.74. The first-order valence-corrected chi connectivity index (χ1v) is 9.50. The maximum atomic E-state index is 14.3. The minimum absolute atomic E-state index is 0.0238. The molecule has 29 heavy (non-hydrogen) atoms. The average Bonchev–Trinajstić information content (AvgIpc) is 3.19. The van der Waals surface area contributed by atoms with Crippen LogP contribution in [-0.4, -0.2) is 23.7 Å². The predicted octanol–water partition coefficient (Wildman–Crippen LogP) is 5.48. The number of halogens is 2. The summed E-state index contributed by atoms with van der Waals surface area (Å²) in [5, 5.41) is 6.43. The molecule has 146 valence electrons. The number of methoxy groups -OCH3 is 1. The lowest BCUT2D eigenvalue weighted by molar-refractivity contribution is 0.0706. The summed E-state index contributed by atoms with van der Waals surface area (Å²) in [5.41, 5.74) is 2.34. The van der Waals surface area contributed by atoms with Gasteiger partial charge in [0.05, 0.1) is 24.4 Å². The molecule has 0 aliphatic carbocycles. The van der Waals surface area contributed by atoms with Gasteiger partial charge in [-0.05, 0) is 53.6 Å². The Morgan fingerprint density at radius 2 is 1.76 bits per heavy atom. The SMILES string of the molecule is COc1ccc(C2=NN(C(=O)c3ccccc3F)C(c3ccccc3Cl)C2)cc1. The number of amides is 1. The average molecular weight is 409 g/mol. The Balaban J connectivity index is 1.76. The maximum Gasteiger partial charge on any atom is 0.277 e. The summed E-state index contributed by atoms with van der Waals surface area (Å²) in [5.74, 6) is -0.352. The van der Waals surface area contributed by atoms with Crippen molar-refractivity contribution in [1.82, 2.24) is 5.01 Å². The molecular weight excluding hydrogens is 391 g/mol. The van der Waals surface area contributed by atoms with Crippen LogP contribution in [0.3, 0.4) is 0 Å². The normalized spacial score (nSPS) is 15.9. The number of carbonyl (C=O) groups is 1. The van der Waals surface area contributed by atoms with Crippen LogP contribution in [0.4, 0.5) is 4.39 Å². The van der Waals surface area contributed by atoms with Crippen LogP contribution in [0.25, 0.3) is 0 Å². The molecule has 0 spiro atoms. The van der Waals surface area contributed by atoms with Crippen LogP contribution >= 0.6 is 11.6 Å². The van der Waals surface area contributed by atoms with Gasteiger partial charge in [0.2, 0.25) is 0 Å². The van der Waals surface area contributed by atoms with Crippen LogP contribution in [-0.2, 0) is 0 Å². The fourth-order valence-corrected chi connectivity index (χ4v) is 3.66. The van der Waals surface area contributed by atoms with E-state index in [-0.39, 0.29) is 5.56 Å². The van der Waals surface area contributed by atoms with Crippen molar-refractivity contribution in [2.45, 2.75) is 12.5 Å². The molecule has 0 bridgehead atoms. The molecule has 4 nitrogen and oxygen atoms in total. The standard InChI is InChI=1S/C23H18ClFN2O2/c1-29-16-12-10-15(11-13-16)21-14-22(17-6-2-4-8-19(17)24)27(26-21)23(28)18-7-3-5-9-20(18)25/h2-13,22H,14H2,1H3. The van der Waals surface area contributed by atoms with Gasteiger partial charge in [-0.25, -0.2) is 9.40 Å². The van der Waals surface area contributed by atoms with Crippen LogP contribution in [0.15, 0.2) is 77.9 Å². The largest absolute Gasteiger partial charge is 0.497 e. The Hall–Kier alpha value is -3.18. The highest BCUT2D eigenvalue weighted by Crippen LogP contribution is 2.37. The van der Waals surface area contributed by atoms with Crippen LogP contribution in [0.2, 0.25) is 5.02 Å². The lowest BCUT2D eigenvalue weighted by Gasteiger charge is -2.23. The molecule has 3 aromatic carbocycles. The van der Waals surface area contributed by atoms with Crippen molar-refractivity contribution in [3.63, 3.8) is 0 Å². The lowest BCUT2D eigenvalue weighted by atomic mass is 9.98.